The van der Waals surface area contributed by atoms with Crippen LogP contribution in [0.4, 0.5) is 0 Å². The third-order valence-corrected chi connectivity index (χ3v) is 6.43. The van der Waals surface area contributed by atoms with Crippen LogP contribution in [0.25, 0.3) is 11.5 Å². The SMILES string of the molecule is Cn1cc(-c2nc(C3CCCCCN3S(=O)(=O)c3ccccn3)no2)cn1. The molecule has 0 amide bonds. The number of rotatable bonds is 4. The minimum atomic E-state index is -3.75. The second kappa shape index (κ2) is 7.20. The van der Waals surface area contributed by atoms with E-state index in [-0.39, 0.29) is 5.03 Å². The maximum Gasteiger partial charge on any atom is 0.261 e. The Morgan fingerprint density at radius 3 is 2.85 bits per heavy atom. The minimum Gasteiger partial charge on any atom is -0.334 e. The van der Waals surface area contributed by atoms with Gasteiger partial charge in [0.05, 0.1) is 17.8 Å². The summed E-state index contributed by atoms with van der Waals surface area (Å²) in [6.07, 6.45) is 8.16. The van der Waals surface area contributed by atoms with Gasteiger partial charge in [-0.3, -0.25) is 4.68 Å². The molecule has 0 spiro atoms. The first-order valence-electron chi connectivity index (χ1n) is 8.81. The van der Waals surface area contributed by atoms with Crippen LogP contribution in [0, 0.1) is 0 Å². The van der Waals surface area contributed by atoms with Crippen LogP contribution < -0.4 is 0 Å². The molecule has 142 valence electrons. The normalized spacial score (nSPS) is 19.1. The van der Waals surface area contributed by atoms with Gasteiger partial charge in [-0.1, -0.05) is 24.1 Å². The van der Waals surface area contributed by atoms with E-state index in [1.54, 1.807) is 36.3 Å². The summed E-state index contributed by atoms with van der Waals surface area (Å²) in [6.45, 7) is 0.403. The first-order valence-corrected chi connectivity index (χ1v) is 10.3. The van der Waals surface area contributed by atoms with E-state index >= 15 is 0 Å². The standard InChI is InChI=1S/C17H20N6O3S/c1-22-12-13(11-19-22)17-20-16(21-26-17)14-7-3-2-6-10-23(14)27(24,25)15-8-4-5-9-18-15/h4-5,8-9,11-12,14H,2-3,6-7,10H2,1H3. The number of nitrogens with zero attached hydrogens (tertiary/aromatic N) is 6. The van der Waals surface area contributed by atoms with Gasteiger partial charge in [-0.15, -0.1) is 0 Å². The summed E-state index contributed by atoms with van der Waals surface area (Å²) in [7, 11) is -1.95. The summed E-state index contributed by atoms with van der Waals surface area (Å²) >= 11 is 0. The van der Waals surface area contributed by atoms with Gasteiger partial charge in [0.15, 0.2) is 10.9 Å². The van der Waals surface area contributed by atoms with E-state index in [9.17, 15) is 8.42 Å². The van der Waals surface area contributed by atoms with Crippen molar-refractivity contribution in [2.75, 3.05) is 6.54 Å². The highest BCUT2D eigenvalue weighted by atomic mass is 32.2. The van der Waals surface area contributed by atoms with Crippen molar-refractivity contribution in [1.29, 1.82) is 0 Å². The molecule has 1 aliphatic heterocycles. The van der Waals surface area contributed by atoms with Gasteiger partial charge in [0.1, 0.15) is 0 Å². The lowest BCUT2D eigenvalue weighted by Gasteiger charge is -2.26. The smallest absolute Gasteiger partial charge is 0.261 e. The largest absolute Gasteiger partial charge is 0.334 e. The number of hydrogen-bond acceptors (Lipinski definition) is 7. The molecule has 0 radical (unpaired) electrons. The number of aryl methyl sites for hydroxylation is 1. The predicted octanol–water partition coefficient (Wildman–Crippen LogP) is 2.17. The second-order valence-electron chi connectivity index (χ2n) is 6.51. The van der Waals surface area contributed by atoms with Crippen molar-refractivity contribution >= 4 is 10.0 Å². The average molecular weight is 388 g/mol. The van der Waals surface area contributed by atoms with E-state index in [0.29, 0.717) is 30.2 Å². The number of sulfonamides is 1. The molecule has 1 fully saturated rings. The van der Waals surface area contributed by atoms with Crippen LogP contribution in [-0.2, 0) is 17.1 Å². The zero-order chi connectivity index (χ0) is 18.9. The van der Waals surface area contributed by atoms with Crippen LogP contribution in [0.15, 0.2) is 46.3 Å². The molecule has 4 heterocycles. The number of hydrogen-bond donors (Lipinski definition) is 0. The Hall–Kier alpha value is -2.59. The van der Waals surface area contributed by atoms with E-state index in [2.05, 4.69) is 20.2 Å². The fraction of sp³-hybridized carbons (Fsp3) is 0.412. The third-order valence-electron chi connectivity index (χ3n) is 4.61. The van der Waals surface area contributed by atoms with Crippen molar-refractivity contribution in [2.24, 2.45) is 7.05 Å². The Labute approximate surface area is 157 Å². The highest BCUT2D eigenvalue weighted by molar-refractivity contribution is 7.89. The van der Waals surface area contributed by atoms with E-state index in [0.717, 1.165) is 19.3 Å². The van der Waals surface area contributed by atoms with Crippen LogP contribution in [0.2, 0.25) is 0 Å². The minimum absolute atomic E-state index is 0.0351. The zero-order valence-corrected chi connectivity index (χ0v) is 15.7. The molecule has 9 nitrogen and oxygen atoms in total. The van der Waals surface area contributed by atoms with Crippen molar-refractivity contribution in [3.05, 3.63) is 42.6 Å². The van der Waals surface area contributed by atoms with Gasteiger partial charge in [0.2, 0.25) is 0 Å². The van der Waals surface area contributed by atoms with Gasteiger partial charge in [-0.05, 0) is 25.0 Å². The molecule has 0 aromatic carbocycles. The van der Waals surface area contributed by atoms with Crippen molar-refractivity contribution in [2.45, 2.75) is 36.8 Å². The van der Waals surface area contributed by atoms with Crippen LogP contribution in [-0.4, -0.2) is 44.2 Å². The van der Waals surface area contributed by atoms with Crippen LogP contribution >= 0.6 is 0 Å². The first kappa shape index (κ1) is 17.8. The van der Waals surface area contributed by atoms with E-state index < -0.39 is 16.1 Å². The summed E-state index contributed by atoms with van der Waals surface area (Å²) in [5.41, 5.74) is 0.698. The summed E-state index contributed by atoms with van der Waals surface area (Å²) in [5, 5.41) is 8.21. The monoisotopic (exact) mass is 388 g/mol. The van der Waals surface area contributed by atoms with Gasteiger partial charge in [0.25, 0.3) is 15.9 Å². The highest BCUT2D eigenvalue weighted by Crippen LogP contribution is 2.33. The van der Waals surface area contributed by atoms with Crippen molar-refractivity contribution in [3.8, 4) is 11.5 Å². The van der Waals surface area contributed by atoms with Gasteiger partial charge in [-0.25, -0.2) is 13.4 Å². The zero-order valence-electron chi connectivity index (χ0n) is 14.9. The molecule has 27 heavy (non-hydrogen) atoms. The third kappa shape index (κ3) is 3.50. The molecule has 3 aromatic heterocycles. The molecule has 0 saturated carbocycles. The van der Waals surface area contributed by atoms with Crippen molar-refractivity contribution in [1.82, 2.24) is 29.2 Å². The number of pyridine rings is 1. The molecule has 1 aliphatic rings. The van der Waals surface area contributed by atoms with Gasteiger partial charge >= 0.3 is 0 Å². The fourth-order valence-corrected chi connectivity index (χ4v) is 4.86. The summed E-state index contributed by atoms with van der Waals surface area (Å²) in [4.78, 5) is 8.49. The molecule has 1 unspecified atom stereocenters. The first-order chi connectivity index (χ1) is 13.1. The Kier molecular flexibility index (Phi) is 4.75. The Bertz CT molecular complexity index is 1010. The quantitative estimate of drug-likeness (QED) is 0.674. The number of aromatic nitrogens is 5. The lowest BCUT2D eigenvalue weighted by molar-refractivity contribution is 0.304. The Morgan fingerprint density at radius 1 is 1.22 bits per heavy atom. The summed E-state index contributed by atoms with van der Waals surface area (Å²) in [6, 6.07) is 4.39. The van der Waals surface area contributed by atoms with Gasteiger partial charge in [0, 0.05) is 26.0 Å². The second-order valence-corrected chi connectivity index (χ2v) is 8.35. The average Bonchev–Trinajstić information content (AvgIpc) is 3.25. The van der Waals surface area contributed by atoms with Crippen LogP contribution in [0.3, 0.4) is 0 Å². The molecule has 4 rings (SSSR count). The summed E-state index contributed by atoms with van der Waals surface area (Å²) in [5.74, 6) is 0.702. The Balaban J connectivity index is 1.70. The molecule has 1 saturated heterocycles. The maximum atomic E-state index is 13.2. The van der Waals surface area contributed by atoms with Crippen molar-refractivity contribution in [3.63, 3.8) is 0 Å². The lowest BCUT2D eigenvalue weighted by Crippen LogP contribution is -2.35. The molecule has 0 N–H and O–H groups in total. The summed E-state index contributed by atoms with van der Waals surface area (Å²) < 4.78 is 34.8. The van der Waals surface area contributed by atoms with E-state index in [1.807, 2.05) is 0 Å². The van der Waals surface area contributed by atoms with Crippen LogP contribution in [0.1, 0.15) is 37.5 Å². The van der Waals surface area contributed by atoms with Crippen LogP contribution in [0.5, 0.6) is 0 Å². The highest BCUT2D eigenvalue weighted by Gasteiger charge is 2.36. The Morgan fingerprint density at radius 2 is 2.11 bits per heavy atom. The van der Waals surface area contributed by atoms with E-state index in [1.165, 1.54) is 16.6 Å². The fourth-order valence-electron chi connectivity index (χ4n) is 3.27. The molecule has 10 heteroatoms. The molecule has 0 bridgehead atoms. The molecular formula is C17H20N6O3S. The van der Waals surface area contributed by atoms with E-state index in [4.69, 9.17) is 4.52 Å². The lowest BCUT2D eigenvalue weighted by atomic mass is 10.1. The van der Waals surface area contributed by atoms with Gasteiger partial charge in [-0.2, -0.15) is 14.4 Å². The predicted molar refractivity (Wildman–Crippen MR) is 95.8 cm³/mol. The maximum absolute atomic E-state index is 13.2. The topological polar surface area (TPSA) is 107 Å². The van der Waals surface area contributed by atoms with Crippen molar-refractivity contribution < 1.29 is 12.9 Å². The molecule has 1 atom stereocenters. The van der Waals surface area contributed by atoms with Gasteiger partial charge < -0.3 is 4.52 Å². The molecule has 3 aromatic rings. The molecule has 0 aliphatic carbocycles. The molecular weight excluding hydrogens is 368 g/mol.